The molecule has 0 fully saturated rings. The van der Waals surface area contributed by atoms with E-state index in [0.717, 1.165) is 4.90 Å². The lowest BCUT2D eigenvalue weighted by molar-refractivity contribution is -0.108. The van der Waals surface area contributed by atoms with Gasteiger partial charge in [0.25, 0.3) is 0 Å². The Morgan fingerprint density at radius 1 is 1.25 bits per heavy atom. The Kier molecular flexibility index (Phi) is 6.14. The van der Waals surface area contributed by atoms with Crippen molar-refractivity contribution in [2.75, 3.05) is 6.54 Å². The van der Waals surface area contributed by atoms with Gasteiger partial charge in [-0.15, -0.1) is 0 Å². The second-order valence-corrected chi connectivity index (χ2v) is 5.42. The number of ether oxygens (including phenoxy) is 1. The minimum absolute atomic E-state index is 0.0126. The van der Waals surface area contributed by atoms with Gasteiger partial charge >= 0.3 is 6.09 Å². The van der Waals surface area contributed by atoms with E-state index in [1.807, 2.05) is 0 Å². The number of hydrogen-bond donors (Lipinski definition) is 1. The zero-order valence-electron chi connectivity index (χ0n) is 12.6. The SMILES string of the molecule is O=CCCN(Cc1ccc(Oc2ccc(Cl)cc2)c(F)c1)C(=O)O. The van der Waals surface area contributed by atoms with Crippen LogP contribution in [0.4, 0.5) is 9.18 Å². The lowest BCUT2D eigenvalue weighted by atomic mass is 10.2. The molecule has 0 heterocycles. The summed E-state index contributed by atoms with van der Waals surface area (Å²) in [5.41, 5.74) is 0.462. The van der Waals surface area contributed by atoms with Crippen LogP contribution in [0.25, 0.3) is 0 Å². The van der Waals surface area contributed by atoms with Gasteiger partial charge in [0, 0.05) is 24.5 Å². The molecule has 0 aliphatic carbocycles. The first-order valence-corrected chi connectivity index (χ1v) is 7.50. The van der Waals surface area contributed by atoms with Crippen molar-refractivity contribution in [2.45, 2.75) is 13.0 Å². The molecule has 0 saturated heterocycles. The normalized spacial score (nSPS) is 10.2. The Balaban J connectivity index is 2.09. The van der Waals surface area contributed by atoms with Crippen LogP contribution in [0.3, 0.4) is 0 Å². The average molecular weight is 352 g/mol. The maximum absolute atomic E-state index is 14.1. The highest BCUT2D eigenvalue weighted by Crippen LogP contribution is 2.26. The van der Waals surface area contributed by atoms with E-state index in [1.54, 1.807) is 30.3 Å². The fourth-order valence-corrected chi connectivity index (χ4v) is 2.15. The highest BCUT2D eigenvalue weighted by Gasteiger charge is 2.13. The van der Waals surface area contributed by atoms with Crippen molar-refractivity contribution in [3.63, 3.8) is 0 Å². The summed E-state index contributed by atoms with van der Waals surface area (Å²) in [5.74, 6) is -0.150. The zero-order valence-corrected chi connectivity index (χ0v) is 13.4. The zero-order chi connectivity index (χ0) is 17.5. The first-order valence-electron chi connectivity index (χ1n) is 7.13. The summed E-state index contributed by atoms with van der Waals surface area (Å²) in [6, 6.07) is 10.7. The molecule has 1 amide bonds. The highest BCUT2D eigenvalue weighted by molar-refractivity contribution is 6.30. The van der Waals surface area contributed by atoms with Gasteiger partial charge in [-0.2, -0.15) is 0 Å². The molecule has 0 bridgehead atoms. The summed E-state index contributed by atoms with van der Waals surface area (Å²) in [7, 11) is 0. The minimum atomic E-state index is -1.17. The number of halogens is 2. The molecular formula is C17H15ClFNO4. The van der Waals surface area contributed by atoms with Crippen LogP contribution in [0.2, 0.25) is 5.02 Å². The number of nitrogens with zero attached hydrogens (tertiary/aromatic N) is 1. The largest absolute Gasteiger partial charge is 0.465 e. The van der Waals surface area contributed by atoms with E-state index < -0.39 is 11.9 Å². The molecule has 126 valence electrons. The van der Waals surface area contributed by atoms with Crippen molar-refractivity contribution in [3.8, 4) is 11.5 Å². The van der Waals surface area contributed by atoms with E-state index in [0.29, 0.717) is 22.6 Å². The molecule has 24 heavy (non-hydrogen) atoms. The Bertz CT molecular complexity index is 721. The summed E-state index contributed by atoms with van der Waals surface area (Å²) in [4.78, 5) is 22.5. The van der Waals surface area contributed by atoms with Crippen LogP contribution >= 0.6 is 11.6 Å². The molecule has 0 aliphatic rings. The van der Waals surface area contributed by atoms with E-state index in [4.69, 9.17) is 21.4 Å². The van der Waals surface area contributed by atoms with E-state index in [-0.39, 0.29) is 25.3 Å². The Morgan fingerprint density at radius 3 is 2.54 bits per heavy atom. The molecule has 5 nitrogen and oxygen atoms in total. The van der Waals surface area contributed by atoms with Crippen molar-refractivity contribution in [2.24, 2.45) is 0 Å². The third-order valence-corrected chi connectivity index (χ3v) is 3.45. The highest BCUT2D eigenvalue weighted by atomic mass is 35.5. The monoisotopic (exact) mass is 351 g/mol. The fourth-order valence-electron chi connectivity index (χ4n) is 2.03. The van der Waals surface area contributed by atoms with Gasteiger partial charge in [0.15, 0.2) is 11.6 Å². The number of carboxylic acid groups (broad SMARTS) is 1. The molecule has 1 N–H and O–H groups in total. The lowest BCUT2D eigenvalue weighted by Crippen LogP contribution is -2.30. The molecule has 2 rings (SSSR count). The second-order valence-electron chi connectivity index (χ2n) is 4.98. The van der Waals surface area contributed by atoms with Gasteiger partial charge in [-0.1, -0.05) is 17.7 Å². The molecule has 2 aromatic rings. The van der Waals surface area contributed by atoms with Crippen molar-refractivity contribution < 1.29 is 23.8 Å². The van der Waals surface area contributed by atoms with E-state index in [9.17, 15) is 14.0 Å². The van der Waals surface area contributed by atoms with Gasteiger partial charge in [0.1, 0.15) is 12.0 Å². The topological polar surface area (TPSA) is 66.8 Å². The fraction of sp³-hybridized carbons (Fsp3) is 0.176. The maximum Gasteiger partial charge on any atom is 0.407 e. The first kappa shape index (κ1) is 17.7. The van der Waals surface area contributed by atoms with Crippen LogP contribution < -0.4 is 4.74 Å². The quantitative estimate of drug-likeness (QED) is 0.753. The van der Waals surface area contributed by atoms with Crippen LogP contribution in [-0.4, -0.2) is 28.9 Å². The van der Waals surface area contributed by atoms with Gasteiger partial charge in [0.05, 0.1) is 0 Å². The van der Waals surface area contributed by atoms with Crippen molar-refractivity contribution in [1.82, 2.24) is 4.90 Å². The van der Waals surface area contributed by atoms with Gasteiger partial charge < -0.3 is 19.5 Å². The van der Waals surface area contributed by atoms with Gasteiger partial charge in [-0.3, -0.25) is 0 Å². The van der Waals surface area contributed by atoms with E-state index in [2.05, 4.69) is 0 Å². The van der Waals surface area contributed by atoms with Crippen molar-refractivity contribution in [1.29, 1.82) is 0 Å². The average Bonchev–Trinajstić information content (AvgIpc) is 2.55. The number of hydrogen-bond acceptors (Lipinski definition) is 3. The predicted octanol–water partition coefficient (Wildman–Crippen LogP) is 4.34. The Morgan fingerprint density at radius 2 is 1.96 bits per heavy atom. The summed E-state index contributed by atoms with van der Waals surface area (Å²) >= 11 is 5.77. The number of benzene rings is 2. The van der Waals surface area contributed by atoms with Crippen LogP contribution in [0.1, 0.15) is 12.0 Å². The second kappa shape index (κ2) is 8.31. The van der Waals surface area contributed by atoms with Crippen LogP contribution in [0.15, 0.2) is 42.5 Å². The van der Waals surface area contributed by atoms with Gasteiger partial charge in [-0.25, -0.2) is 9.18 Å². The minimum Gasteiger partial charge on any atom is -0.465 e. The van der Waals surface area contributed by atoms with E-state index >= 15 is 0 Å². The number of amides is 1. The smallest absolute Gasteiger partial charge is 0.407 e. The summed E-state index contributed by atoms with van der Waals surface area (Å²) in [6.07, 6.45) is -0.440. The molecule has 0 unspecified atom stereocenters. The molecule has 0 saturated carbocycles. The number of carbonyl (C=O) groups excluding carboxylic acids is 1. The first-order chi connectivity index (χ1) is 11.5. The standard InChI is InChI=1S/C17H15ClFNO4/c18-13-3-5-14(6-4-13)24-16-7-2-12(10-15(16)19)11-20(17(22)23)8-1-9-21/h2-7,9-10H,1,8,11H2,(H,22,23). The molecule has 0 spiro atoms. The van der Waals surface area contributed by atoms with E-state index in [1.165, 1.54) is 12.1 Å². The maximum atomic E-state index is 14.1. The summed E-state index contributed by atoms with van der Waals surface area (Å²) < 4.78 is 19.6. The molecule has 0 aliphatic heterocycles. The van der Waals surface area contributed by atoms with Crippen molar-refractivity contribution >= 4 is 24.0 Å². The molecule has 0 aromatic heterocycles. The lowest BCUT2D eigenvalue weighted by Gasteiger charge is -2.18. The van der Waals surface area contributed by atoms with Gasteiger partial charge in [0.2, 0.25) is 0 Å². The third kappa shape index (κ3) is 4.96. The van der Waals surface area contributed by atoms with Crippen LogP contribution in [0, 0.1) is 5.82 Å². The molecule has 0 radical (unpaired) electrons. The number of rotatable bonds is 7. The molecule has 2 aromatic carbocycles. The third-order valence-electron chi connectivity index (χ3n) is 3.20. The predicted molar refractivity (Wildman–Crippen MR) is 87.0 cm³/mol. The molecule has 0 atom stereocenters. The van der Waals surface area contributed by atoms with Crippen LogP contribution in [-0.2, 0) is 11.3 Å². The molecular weight excluding hydrogens is 337 g/mol. The number of aldehydes is 1. The summed E-state index contributed by atoms with van der Waals surface area (Å²) in [5, 5.41) is 9.63. The van der Waals surface area contributed by atoms with Crippen LogP contribution in [0.5, 0.6) is 11.5 Å². The Hall–Kier alpha value is -2.60. The molecule has 7 heteroatoms. The Labute approximate surface area is 143 Å². The summed E-state index contributed by atoms with van der Waals surface area (Å²) in [6.45, 7) is 0.0464. The van der Waals surface area contributed by atoms with Crippen molar-refractivity contribution in [3.05, 3.63) is 58.9 Å². The number of carbonyl (C=O) groups is 2. The van der Waals surface area contributed by atoms with Gasteiger partial charge in [-0.05, 0) is 42.0 Å².